The monoisotopic (exact) mass is 399 g/mol. The molecule has 0 aliphatic carbocycles. The van der Waals surface area contributed by atoms with Gasteiger partial charge in [0.25, 0.3) is 5.91 Å². The average Bonchev–Trinajstić information content (AvgIpc) is 2.82. The molecular weight excluding hydrogens is 370 g/mol. The van der Waals surface area contributed by atoms with E-state index < -0.39 is 0 Å². The Morgan fingerprint density at radius 2 is 1.70 bits per heavy atom. The molecule has 3 aromatic rings. The molecule has 4 heteroatoms. The Bertz CT molecular complexity index is 933. The van der Waals surface area contributed by atoms with Gasteiger partial charge in [-0.15, -0.1) is 0 Å². The lowest BCUT2D eigenvalue weighted by atomic mass is 10.00. The van der Waals surface area contributed by atoms with Crippen LogP contribution in [0.5, 0.6) is 0 Å². The van der Waals surface area contributed by atoms with Gasteiger partial charge in [0.15, 0.2) is 0 Å². The molecule has 1 aliphatic heterocycles. The number of carbonyl (C=O) groups excluding carboxylic acids is 1. The van der Waals surface area contributed by atoms with Crippen LogP contribution in [0.15, 0.2) is 79.1 Å². The van der Waals surface area contributed by atoms with E-state index in [1.54, 1.807) is 0 Å². The second kappa shape index (κ2) is 9.68. The molecule has 0 saturated carbocycles. The number of piperidine rings is 1. The SMILES string of the molecule is CCc1ccc(N(C(=O)c2ccccc2)C2CCN(Cc3cccnc3)CC2)cc1. The van der Waals surface area contributed by atoms with Gasteiger partial charge in [-0.05, 0) is 60.7 Å². The highest BCUT2D eigenvalue weighted by atomic mass is 16.2. The van der Waals surface area contributed by atoms with Crippen molar-refractivity contribution >= 4 is 11.6 Å². The molecule has 30 heavy (non-hydrogen) atoms. The minimum atomic E-state index is 0.0885. The molecule has 0 atom stereocenters. The molecule has 1 amide bonds. The van der Waals surface area contributed by atoms with Gasteiger partial charge in [-0.2, -0.15) is 0 Å². The molecule has 2 heterocycles. The second-order valence-electron chi connectivity index (χ2n) is 7.93. The van der Waals surface area contributed by atoms with Crippen LogP contribution in [0.25, 0.3) is 0 Å². The summed E-state index contributed by atoms with van der Waals surface area (Å²) in [5, 5.41) is 0. The number of pyridine rings is 1. The van der Waals surface area contributed by atoms with Gasteiger partial charge in [0.05, 0.1) is 0 Å². The first-order valence-electron chi connectivity index (χ1n) is 10.8. The van der Waals surface area contributed by atoms with E-state index in [1.807, 2.05) is 53.7 Å². The number of amides is 1. The smallest absolute Gasteiger partial charge is 0.258 e. The summed E-state index contributed by atoms with van der Waals surface area (Å²) in [6.45, 7) is 5.02. The molecule has 0 spiro atoms. The van der Waals surface area contributed by atoms with Gasteiger partial charge < -0.3 is 4.90 Å². The van der Waals surface area contributed by atoms with Crippen molar-refractivity contribution < 1.29 is 4.79 Å². The number of rotatable bonds is 6. The lowest BCUT2D eigenvalue weighted by Crippen LogP contribution is -2.47. The predicted octanol–water partition coefficient (Wildman–Crippen LogP) is 4.96. The average molecular weight is 400 g/mol. The van der Waals surface area contributed by atoms with Crippen LogP contribution in [0.2, 0.25) is 0 Å². The number of anilines is 1. The maximum atomic E-state index is 13.5. The van der Waals surface area contributed by atoms with Crippen molar-refractivity contribution in [1.29, 1.82) is 0 Å². The molecule has 0 bridgehead atoms. The highest BCUT2D eigenvalue weighted by molar-refractivity contribution is 6.06. The van der Waals surface area contributed by atoms with Crippen LogP contribution in [-0.4, -0.2) is 34.9 Å². The Balaban J connectivity index is 1.52. The van der Waals surface area contributed by atoms with Gasteiger partial charge in [-0.1, -0.05) is 43.3 Å². The zero-order chi connectivity index (χ0) is 20.8. The fourth-order valence-electron chi connectivity index (χ4n) is 4.19. The van der Waals surface area contributed by atoms with Crippen molar-refractivity contribution in [3.63, 3.8) is 0 Å². The fraction of sp³-hybridized carbons (Fsp3) is 0.308. The molecule has 1 aromatic heterocycles. The zero-order valence-electron chi connectivity index (χ0n) is 17.6. The highest BCUT2D eigenvalue weighted by Crippen LogP contribution is 2.27. The van der Waals surface area contributed by atoms with Crippen molar-refractivity contribution in [2.75, 3.05) is 18.0 Å². The van der Waals surface area contributed by atoms with Gasteiger partial charge in [0.1, 0.15) is 0 Å². The maximum absolute atomic E-state index is 13.5. The van der Waals surface area contributed by atoms with E-state index in [4.69, 9.17) is 0 Å². The minimum absolute atomic E-state index is 0.0885. The fourth-order valence-corrected chi connectivity index (χ4v) is 4.19. The summed E-state index contributed by atoms with van der Waals surface area (Å²) in [5.74, 6) is 0.0885. The van der Waals surface area contributed by atoms with Gasteiger partial charge in [-0.25, -0.2) is 0 Å². The van der Waals surface area contributed by atoms with E-state index in [-0.39, 0.29) is 11.9 Å². The summed E-state index contributed by atoms with van der Waals surface area (Å²) in [7, 11) is 0. The molecule has 1 aliphatic rings. The number of hydrogen-bond donors (Lipinski definition) is 0. The van der Waals surface area contributed by atoms with Crippen LogP contribution >= 0.6 is 0 Å². The summed E-state index contributed by atoms with van der Waals surface area (Å²) in [6, 6.07) is 22.4. The van der Waals surface area contributed by atoms with Crippen molar-refractivity contribution in [2.45, 2.75) is 38.8 Å². The molecular formula is C26H29N3O. The van der Waals surface area contributed by atoms with Gasteiger partial charge in [0.2, 0.25) is 0 Å². The van der Waals surface area contributed by atoms with Crippen LogP contribution in [0, 0.1) is 0 Å². The third-order valence-electron chi connectivity index (χ3n) is 5.91. The topological polar surface area (TPSA) is 36.4 Å². The molecule has 1 fully saturated rings. The predicted molar refractivity (Wildman–Crippen MR) is 122 cm³/mol. The lowest BCUT2D eigenvalue weighted by molar-refractivity contribution is 0.0958. The number of aryl methyl sites for hydroxylation is 1. The van der Waals surface area contributed by atoms with Crippen LogP contribution in [0.1, 0.15) is 41.3 Å². The number of nitrogens with zero attached hydrogens (tertiary/aromatic N) is 3. The largest absolute Gasteiger partial charge is 0.305 e. The van der Waals surface area contributed by atoms with E-state index in [2.05, 4.69) is 47.1 Å². The lowest BCUT2D eigenvalue weighted by Gasteiger charge is -2.38. The Kier molecular flexibility index (Phi) is 6.55. The standard InChI is InChI=1S/C26H29N3O/c1-2-21-10-12-24(13-11-21)29(26(30)23-8-4-3-5-9-23)25-14-17-28(18-15-25)20-22-7-6-16-27-19-22/h3-13,16,19,25H,2,14-15,17-18,20H2,1H3. The molecule has 0 N–H and O–H groups in total. The van der Waals surface area contributed by atoms with E-state index in [0.29, 0.717) is 0 Å². The van der Waals surface area contributed by atoms with Crippen molar-refractivity contribution in [2.24, 2.45) is 0 Å². The summed E-state index contributed by atoms with van der Waals surface area (Å²) < 4.78 is 0. The molecule has 1 saturated heterocycles. The number of aromatic nitrogens is 1. The van der Waals surface area contributed by atoms with Crippen molar-refractivity contribution in [1.82, 2.24) is 9.88 Å². The Morgan fingerprint density at radius 3 is 2.33 bits per heavy atom. The molecule has 4 rings (SSSR count). The molecule has 0 unspecified atom stereocenters. The summed E-state index contributed by atoms with van der Waals surface area (Å²) in [5.41, 5.74) is 4.27. The van der Waals surface area contributed by atoms with E-state index >= 15 is 0 Å². The van der Waals surface area contributed by atoms with Crippen LogP contribution in [-0.2, 0) is 13.0 Å². The maximum Gasteiger partial charge on any atom is 0.258 e. The number of likely N-dealkylation sites (tertiary alicyclic amines) is 1. The second-order valence-corrected chi connectivity index (χ2v) is 7.93. The van der Waals surface area contributed by atoms with Crippen LogP contribution in [0.3, 0.4) is 0 Å². The summed E-state index contributed by atoms with van der Waals surface area (Å²) in [6.07, 6.45) is 6.68. The first kappa shape index (κ1) is 20.3. The van der Waals surface area contributed by atoms with Crippen molar-refractivity contribution in [3.8, 4) is 0 Å². The number of carbonyl (C=O) groups is 1. The first-order valence-corrected chi connectivity index (χ1v) is 10.8. The summed E-state index contributed by atoms with van der Waals surface area (Å²) in [4.78, 5) is 22.2. The molecule has 4 nitrogen and oxygen atoms in total. The minimum Gasteiger partial charge on any atom is -0.305 e. The van der Waals surface area contributed by atoms with Crippen molar-refractivity contribution in [3.05, 3.63) is 95.8 Å². The zero-order valence-corrected chi connectivity index (χ0v) is 17.6. The number of hydrogen-bond acceptors (Lipinski definition) is 3. The normalized spacial score (nSPS) is 15.1. The Morgan fingerprint density at radius 1 is 0.967 bits per heavy atom. The van der Waals surface area contributed by atoms with E-state index in [9.17, 15) is 4.79 Å². The van der Waals surface area contributed by atoms with Crippen LogP contribution in [0.4, 0.5) is 5.69 Å². The Labute approximate surface area is 179 Å². The van der Waals surface area contributed by atoms with Gasteiger partial charge in [-0.3, -0.25) is 14.7 Å². The van der Waals surface area contributed by atoms with E-state index in [1.165, 1.54) is 11.1 Å². The van der Waals surface area contributed by atoms with Crippen LogP contribution < -0.4 is 4.90 Å². The molecule has 0 radical (unpaired) electrons. The Hall–Kier alpha value is -2.98. The van der Waals surface area contributed by atoms with Gasteiger partial charge >= 0.3 is 0 Å². The van der Waals surface area contributed by atoms with Gasteiger partial charge in [0, 0.05) is 49.3 Å². The number of benzene rings is 2. The quantitative estimate of drug-likeness (QED) is 0.588. The highest BCUT2D eigenvalue weighted by Gasteiger charge is 2.29. The molecule has 154 valence electrons. The third-order valence-corrected chi connectivity index (χ3v) is 5.91. The molecule has 2 aromatic carbocycles. The third kappa shape index (κ3) is 4.77. The van der Waals surface area contributed by atoms with E-state index in [0.717, 1.165) is 50.1 Å². The summed E-state index contributed by atoms with van der Waals surface area (Å²) >= 11 is 0. The first-order chi connectivity index (χ1) is 14.7.